The summed E-state index contributed by atoms with van der Waals surface area (Å²) in [5, 5.41) is 3.55. The normalized spacial score (nSPS) is 11.7. The van der Waals surface area contributed by atoms with E-state index in [-0.39, 0.29) is 18.2 Å². The number of nitrogens with one attached hydrogen (secondary N) is 1. The summed E-state index contributed by atoms with van der Waals surface area (Å²) in [6.45, 7) is 7.07. The van der Waals surface area contributed by atoms with E-state index in [2.05, 4.69) is 12.2 Å². The lowest BCUT2D eigenvalue weighted by Gasteiger charge is -2.31. The summed E-state index contributed by atoms with van der Waals surface area (Å²) in [6.07, 6.45) is 2.66. The van der Waals surface area contributed by atoms with E-state index in [1.165, 1.54) is 0 Å². The van der Waals surface area contributed by atoms with E-state index in [9.17, 15) is 9.59 Å². The predicted molar refractivity (Wildman–Crippen MR) is 119 cm³/mol. The second-order valence-corrected chi connectivity index (χ2v) is 7.69. The van der Waals surface area contributed by atoms with Crippen molar-refractivity contribution in [1.29, 1.82) is 0 Å². The van der Waals surface area contributed by atoms with Crippen LogP contribution in [0.4, 0.5) is 0 Å². The highest BCUT2D eigenvalue weighted by atomic mass is 35.5. The minimum Gasteiger partial charge on any atom is -0.354 e. The summed E-state index contributed by atoms with van der Waals surface area (Å²) in [5.41, 5.74) is 2.92. The third kappa shape index (κ3) is 6.60. The highest BCUT2D eigenvalue weighted by Gasteiger charge is 2.29. The zero-order chi connectivity index (χ0) is 21.2. The minimum absolute atomic E-state index is 0.0953. The highest BCUT2D eigenvalue weighted by Crippen LogP contribution is 2.20. The highest BCUT2D eigenvalue weighted by molar-refractivity contribution is 6.31. The third-order valence-electron chi connectivity index (χ3n) is 5.12. The van der Waals surface area contributed by atoms with Gasteiger partial charge in [0.25, 0.3) is 0 Å². The molecule has 2 amide bonds. The van der Waals surface area contributed by atoms with Crippen LogP contribution in [-0.4, -0.2) is 29.3 Å². The number of carbonyl (C=O) groups is 2. The van der Waals surface area contributed by atoms with Crippen LogP contribution in [0.1, 0.15) is 49.8 Å². The molecule has 0 spiro atoms. The fourth-order valence-electron chi connectivity index (χ4n) is 3.30. The average Bonchev–Trinajstić information content (AvgIpc) is 2.71. The molecule has 156 valence electrons. The zero-order valence-corrected chi connectivity index (χ0v) is 18.3. The number of aryl methyl sites for hydroxylation is 1. The third-order valence-corrected chi connectivity index (χ3v) is 5.49. The quantitative estimate of drug-likeness (QED) is 0.561. The zero-order valence-electron chi connectivity index (χ0n) is 17.6. The van der Waals surface area contributed by atoms with Crippen LogP contribution in [0, 0.1) is 6.92 Å². The number of nitrogens with zero attached hydrogens (tertiary/aromatic N) is 1. The van der Waals surface area contributed by atoms with E-state index in [1.807, 2.05) is 56.3 Å². The predicted octanol–water partition coefficient (Wildman–Crippen LogP) is 4.91. The molecule has 5 heteroatoms. The number of benzene rings is 2. The summed E-state index contributed by atoms with van der Waals surface area (Å²) >= 11 is 6.27. The SMILES string of the molecule is CCCCNC(=O)[C@@H](CC)N(Cc1ccccc1C)C(=O)Cc1ccccc1Cl. The lowest BCUT2D eigenvalue weighted by atomic mass is 10.0. The molecular weight excluding hydrogens is 384 g/mol. The Morgan fingerprint density at radius 3 is 2.31 bits per heavy atom. The van der Waals surface area contributed by atoms with E-state index >= 15 is 0 Å². The van der Waals surface area contributed by atoms with E-state index in [1.54, 1.807) is 11.0 Å². The van der Waals surface area contributed by atoms with Crippen molar-refractivity contribution in [3.63, 3.8) is 0 Å². The summed E-state index contributed by atoms with van der Waals surface area (Å²) < 4.78 is 0. The van der Waals surface area contributed by atoms with Crippen LogP contribution in [0.25, 0.3) is 0 Å². The Hall–Kier alpha value is -2.33. The van der Waals surface area contributed by atoms with E-state index < -0.39 is 6.04 Å². The van der Waals surface area contributed by atoms with Crippen molar-refractivity contribution >= 4 is 23.4 Å². The molecule has 0 aromatic heterocycles. The fourth-order valence-corrected chi connectivity index (χ4v) is 3.51. The average molecular weight is 415 g/mol. The van der Waals surface area contributed by atoms with Crippen LogP contribution in [0.5, 0.6) is 0 Å². The van der Waals surface area contributed by atoms with E-state index in [4.69, 9.17) is 11.6 Å². The van der Waals surface area contributed by atoms with E-state index in [0.29, 0.717) is 24.5 Å². The number of unbranched alkanes of at least 4 members (excludes halogenated alkanes) is 1. The Bertz CT molecular complexity index is 822. The molecule has 1 atom stereocenters. The van der Waals surface area contributed by atoms with Gasteiger partial charge in [-0.2, -0.15) is 0 Å². The lowest BCUT2D eigenvalue weighted by Crippen LogP contribution is -2.49. The maximum absolute atomic E-state index is 13.3. The number of halogens is 1. The van der Waals surface area contributed by atoms with Gasteiger partial charge in [0.15, 0.2) is 0 Å². The Morgan fingerprint density at radius 1 is 1.03 bits per heavy atom. The smallest absolute Gasteiger partial charge is 0.242 e. The van der Waals surface area contributed by atoms with Crippen LogP contribution in [-0.2, 0) is 22.6 Å². The Morgan fingerprint density at radius 2 is 1.69 bits per heavy atom. The first-order valence-corrected chi connectivity index (χ1v) is 10.7. The summed E-state index contributed by atoms with van der Waals surface area (Å²) in [6, 6.07) is 14.8. The molecule has 0 aliphatic carbocycles. The van der Waals surface area contributed by atoms with Crippen LogP contribution in [0.2, 0.25) is 5.02 Å². The van der Waals surface area contributed by atoms with Gasteiger partial charge in [0.2, 0.25) is 11.8 Å². The molecule has 0 saturated heterocycles. The van der Waals surface area contributed by atoms with Crippen molar-refractivity contribution in [3.05, 3.63) is 70.2 Å². The fraction of sp³-hybridized carbons (Fsp3) is 0.417. The van der Waals surface area contributed by atoms with Gasteiger partial charge < -0.3 is 10.2 Å². The molecule has 0 radical (unpaired) electrons. The van der Waals surface area contributed by atoms with Crippen LogP contribution >= 0.6 is 11.6 Å². The molecule has 2 aromatic carbocycles. The molecule has 0 heterocycles. The molecule has 0 aliphatic rings. The molecular formula is C24H31ClN2O2. The van der Waals surface area contributed by atoms with Crippen molar-refractivity contribution in [2.24, 2.45) is 0 Å². The standard InChI is InChI=1S/C24H31ClN2O2/c1-4-6-15-26-24(29)22(5-2)27(17-20-13-8-7-11-18(20)3)23(28)16-19-12-9-10-14-21(19)25/h7-14,22H,4-6,15-17H2,1-3H3,(H,26,29)/t22-/m1/s1. The first kappa shape index (κ1) is 23.0. The Balaban J connectivity index is 2.28. The van der Waals surface area contributed by atoms with Crippen LogP contribution in [0.15, 0.2) is 48.5 Å². The van der Waals surface area contributed by atoms with Gasteiger partial charge in [-0.1, -0.05) is 74.3 Å². The minimum atomic E-state index is -0.513. The van der Waals surface area contributed by atoms with E-state index in [0.717, 1.165) is 29.5 Å². The van der Waals surface area contributed by atoms with Gasteiger partial charge in [-0.3, -0.25) is 9.59 Å². The summed E-state index contributed by atoms with van der Waals surface area (Å²) in [5.74, 6) is -0.194. The molecule has 1 N–H and O–H groups in total. The second kappa shape index (κ2) is 11.6. The van der Waals surface area contributed by atoms with Gasteiger partial charge in [0.1, 0.15) is 6.04 Å². The van der Waals surface area contributed by atoms with Crippen molar-refractivity contribution in [2.75, 3.05) is 6.54 Å². The van der Waals surface area contributed by atoms with Crippen molar-refractivity contribution in [1.82, 2.24) is 10.2 Å². The molecule has 0 fully saturated rings. The molecule has 29 heavy (non-hydrogen) atoms. The number of carbonyl (C=O) groups excluding carboxylic acids is 2. The first-order valence-electron chi connectivity index (χ1n) is 10.3. The number of amides is 2. The van der Waals surface area contributed by atoms with Crippen molar-refractivity contribution in [3.8, 4) is 0 Å². The second-order valence-electron chi connectivity index (χ2n) is 7.28. The number of hydrogen-bond acceptors (Lipinski definition) is 2. The molecule has 0 aliphatic heterocycles. The molecule has 2 rings (SSSR count). The van der Waals surface area contributed by atoms with Crippen molar-refractivity contribution < 1.29 is 9.59 Å². The number of rotatable bonds is 10. The topological polar surface area (TPSA) is 49.4 Å². The summed E-state index contributed by atoms with van der Waals surface area (Å²) in [7, 11) is 0. The monoisotopic (exact) mass is 414 g/mol. The molecule has 0 unspecified atom stereocenters. The Kier molecular flexibility index (Phi) is 9.20. The van der Waals surface area contributed by atoms with Crippen molar-refractivity contribution in [2.45, 2.75) is 59.0 Å². The number of hydrogen-bond donors (Lipinski definition) is 1. The van der Waals surface area contributed by atoms with Gasteiger partial charge in [-0.05, 0) is 42.5 Å². The van der Waals surface area contributed by atoms with Gasteiger partial charge in [-0.15, -0.1) is 0 Å². The molecule has 4 nitrogen and oxygen atoms in total. The molecule has 0 saturated carbocycles. The first-order chi connectivity index (χ1) is 14.0. The van der Waals surface area contributed by atoms with Crippen LogP contribution in [0.3, 0.4) is 0 Å². The van der Waals surface area contributed by atoms with Crippen LogP contribution < -0.4 is 5.32 Å². The summed E-state index contributed by atoms with van der Waals surface area (Å²) in [4.78, 5) is 27.9. The van der Waals surface area contributed by atoms with Gasteiger partial charge in [0.05, 0.1) is 6.42 Å². The lowest BCUT2D eigenvalue weighted by molar-refractivity contribution is -0.140. The molecule has 2 aromatic rings. The maximum Gasteiger partial charge on any atom is 0.242 e. The van der Waals surface area contributed by atoms with Gasteiger partial charge in [0, 0.05) is 18.1 Å². The largest absolute Gasteiger partial charge is 0.354 e. The molecule has 0 bridgehead atoms. The van der Waals surface area contributed by atoms with Gasteiger partial charge in [-0.25, -0.2) is 0 Å². The maximum atomic E-state index is 13.3. The Labute approximate surface area is 179 Å². The van der Waals surface area contributed by atoms with Gasteiger partial charge >= 0.3 is 0 Å².